The first-order chi connectivity index (χ1) is 8.13. The summed E-state index contributed by atoms with van der Waals surface area (Å²) in [6.45, 7) is 6.23. The molecule has 0 N–H and O–H groups in total. The Morgan fingerprint density at radius 1 is 1.35 bits per heavy atom. The standard InChI is InChI=1S/C13H19N3O/c1-10-7-16(8-11(2)15(10)3)13-12(9-17)5-4-6-14-13/h4-6,9-11H,7-8H2,1-3H3. The molecule has 0 radical (unpaired) electrons. The molecule has 0 saturated carbocycles. The van der Waals surface area contributed by atoms with E-state index in [0.29, 0.717) is 17.6 Å². The molecule has 1 aromatic rings. The fraction of sp³-hybridized carbons (Fsp3) is 0.538. The highest BCUT2D eigenvalue weighted by Gasteiger charge is 2.28. The van der Waals surface area contributed by atoms with E-state index in [1.54, 1.807) is 12.3 Å². The number of pyridine rings is 1. The largest absolute Gasteiger partial charge is 0.353 e. The van der Waals surface area contributed by atoms with Crippen LogP contribution < -0.4 is 4.90 Å². The fourth-order valence-corrected chi connectivity index (χ4v) is 2.34. The second kappa shape index (κ2) is 4.84. The summed E-state index contributed by atoms with van der Waals surface area (Å²) in [5.41, 5.74) is 0.677. The lowest BCUT2D eigenvalue weighted by atomic mass is 10.1. The molecule has 2 atom stereocenters. The Morgan fingerprint density at radius 2 is 2.00 bits per heavy atom. The molecule has 2 rings (SSSR count). The van der Waals surface area contributed by atoms with E-state index in [1.165, 1.54) is 0 Å². The highest BCUT2D eigenvalue weighted by molar-refractivity contribution is 5.82. The number of aromatic nitrogens is 1. The van der Waals surface area contributed by atoms with Crippen molar-refractivity contribution in [2.45, 2.75) is 25.9 Å². The molecule has 1 fully saturated rings. The Balaban J connectivity index is 2.25. The van der Waals surface area contributed by atoms with Crippen LogP contribution in [-0.2, 0) is 0 Å². The molecule has 1 aliphatic heterocycles. The molecule has 4 heteroatoms. The van der Waals surface area contributed by atoms with E-state index in [0.717, 1.165) is 25.2 Å². The van der Waals surface area contributed by atoms with Gasteiger partial charge in [-0.2, -0.15) is 0 Å². The van der Waals surface area contributed by atoms with Gasteiger partial charge in [0.1, 0.15) is 5.82 Å². The van der Waals surface area contributed by atoms with Gasteiger partial charge in [0.2, 0.25) is 0 Å². The van der Waals surface area contributed by atoms with Gasteiger partial charge < -0.3 is 4.90 Å². The first-order valence-corrected chi connectivity index (χ1v) is 6.00. The molecule has 0 amide bonds. The number of carbonyl (C=O) groups is 1. The predicted octanol–water partition coefficient (Wildman–Crippen LogP) is 1.42. The fourth-order valence-electron chi connectivity index (χ4n) is 2.34. The van der Waals surface area contributed by atoms with Crippen LogP contribution in [0.3, 0.4) is 0 Å². The molecule has 1 saturated heterocycles. The molecule has 0 aliphatic carbocycles. The van der Waals surface area contributed by atoms with E-state index in [-0.39, 0.29) is 0 Å². The number of anilines is 1. The van der Waals surface area contributed by atoms with Crippen LogP contribution in [0.5, 0.6) is 0 Å². The topological polar surface area (TPSA) is 36.4 Å². The second-order valence-electron chi connectivity index (χ2n) is 4.80. The van der Waals surface area contributed by atoms with E-state index < -0.39 is 0 Å². The van der Waals surface area contributed by atoms with E-state index in [9.17, 15) is 4.79 Å². The van der Waals surface area contributed by atoms with Gasteiger partial charge in [-0.15, -0.1) is 0 Å². The number of piperazine rings is 1. The van der Waals surface area contributed by atoms with Crippen LogP contribution in [-0.4, -0.2) is 48.4 Å². The van der Waals surface area contributed by atoms with Crippen LogP contribution in [0.1, 0.15) is 24.2 Å². The van der Waals surface area contributed by atoms with Gasteiger partial charge in [0.25, 0.3) is 0 Å². The summed E-state index contributed by atoms with van der Waals surface area (Å²) in [5, 5.41) is 0. The van der Waals surface area contributed by atoms with Crippen molar-refractivity contribution >= 4 is 12.1 Å². The van der Waals surface area contributed by atoms with Crippen molar-refractivity contribution in [3.05, 3.63) is 23.9 Å². The number of hydrogen-bond acceptors (Lipinski definition) is 4. The van der Waals surface area contributed by atoms with Crippen molar-refractivity contribution in [3.63, 3.8) is 0 Å². The lowest BCUT2D eigenvalue weighted by Crippen LogP contribution is -2.55. The molecule has 1 aliphatic rings. The Kier molecular flexibility index (Phi) is 3.43. The lowest BCUT2D eigenvalue weighted by molar-refractivity contribution is 0.112. The van der Waals surface area contributed by atoms with E-state index in [4.69, 9.17) is 0 Å². The summed E-state index contributed by atoms with van der Waals surface area (Å²) in [5.74, 6) is 0.814. The molecular weight excluding hydrogens is 214 g/mol. The number of hydrogen-bond donors (Lipinski definition) is 0. The molecule has 1 aromatic heterocycles. The Morgan fingerprint density at radius 3 is 2.59 bits per heavy atom. The molecule has 0 bridgehead atoms. The average molecular weight is 233 g/mol. The minimum atomic E-state index is 0.472. The summed E-state index contributed by atoms with van der Waals surface area (Å²) < 4.78 is 0. The van der Waals surface area contributed by atoms with Gasteiger partial charge in [-0.3, -0.25) is 9.69 Å². The molecule has 92 valence electrons. The van der Waals surface area contributed by atoms with E-state index in [1.807, 2.05) is 6.07 Å². The van der Waals surface area contributed by atoms with Crippen molar-refractivity contribution in [3.8, 4) is 0 Å². The first kappa shape index (κ1) is 12.0. The van der Waals surface area contributed by atoms with Crippen LogP contribution >= 0.6 is 0 Å². The van der Waals surface area contributed by atoms with Crippen LogP contribution in [0.25, 0.3) is 0 Å². The molecule has 2 heterocycles. The van der Waals surface area contributed by atoms with Gasteiger partial charge in [-0.1, -0.05) is 0 Å². The minimum Gasteiger partial charge on any atom is -0.353 e. The maximum Gasteiger partial charge on any atom is 0.153 e. The summed E-state index contributed by atoms with van der Waals surface area (Å²) in [6.07, 6.45) is 2.63. The van der Waals surface area contributed by atoms with Crippen molar-refractivity contribution < 1.29 is 4.79 Å². The van der Waals surface area contributed by atoms with Gasteiger partial charge in [0.15, 0.2) is 6.29 Å². The number of nitrogens with zero attached hydrogens (tertiary/aromatic N) is 3. The molecule has 0 aromatic carbocycles. The Bertz CT molecular complexity index is 395. The monoisotopic (exact) mass is 233 g/mol. The van der Waals surface area contributed by atoms with E-state index >= 15 is 0 Å². The number of likely N-dealkylation sites (N-methyl/N-ethyl adjacent to an activating group) is 1. The molecule has 4 nitrogen and oxygen atoms in total. The lowest BCUT2D eigenvalue weighted by Gasteiger charge is -2.43. The predicted molar refractivity (Wildman–Crippen MR) is 68.5 cm³/mol. The van der Waals surface area contributed by atoms with Crippen LogP contribution in [0.4, 0.5) is 5.82 Å². The third-order valence-corrected chi connectivity index (χ3v) is 3.60. The molecular formula is C13H19N3O. The normalized spacial score (nSPS) is 25.9. The SMILES string of the molecule is CC1CN(c2ncccc2C=O)CC(C)N1C. The van der Waals surface area contributed by atoms with Crippen molar-refractivity contribution in [2.75, 3.05) is 25.0 Å². The molecule has 0 spiro atoms. The maximum absolute atomic E-state index is 11.0. The second-order valence-corrected chi connectivity index (χ2v) is 4.80. The van der Waals surface area contributed by atoms with Gasteiger partial charge in [-0.25, -0.2) is 4.98 Å². The third kappa shape index (κ3) is 2.31. The van der Waals surface area contributed by atoms with Crippen molar-refractivity contribution in [1.82, 2.24) is 9.88 Å². The summed E-state index contributed by atoms with van der Waals surface area (Å²) in [7, 11) is 2.14. The quantitative estimate of drug-likeness (QED) is 0.724. The number of carbonyl (C=O) groups excluding carboxylic acids is 1. The zero-order chi connectivity index (χ0) is 12.4. The summed E-state index contributed by atoms with van der Waals surface area (Å²) in [6, 6.07) is 4.57. The highest BCUT2D eigenvalue weighted by Crippen LogP contribution is 2.21. The van der Waals surface area contributed by atoms with Gasteiger partial charge in [-0.05, 0) is 33.0 Å². The van der Waals surface area contributed by atoms with Crippen LogP contribution in [0.15, 0.2) is 18.3 Å². The molecule has 17 heavy (non-hydrogen) atoms. The average Bonchev–Trinajstić information content (AvgIpc) is 2.35. The number of rotatable bonds is 2. The highest BCUT2D eigenvalue weighted by atomic mass is 16.1. The minimum absolute atomic E-state index is 0.472. The smallest absolute Gasteiger partial charge is 0.153 e. The van der Waals surface area contributed by atoms with Crippen molar-refractivity contribution in [1.29, 1.82) is 0 Å². The zero-order valence-corrected chi connectivity index (χ0v) is 10.6. The van der Waals surface area contributed by atoms with E-state index in [2.05, 4.69) is 35.7 Å². The zero-order valence-electron chi connectivity index (χ0n) is 10.6. The van der Waals surface area contributed by atoms with Crippen LogP contribution in [0, 0.1) is 0 Å². The third-order valence-electron chi connectivity index (χ3n) is 3.60. The summed E-state index contributed by atoms with van der Waals surface area (Å²) in [4.78, 5) is 19.9. The summed E-state index contributed by atoms with van der Waals surface area (Å²) >= 11 is 0. The van der Waals surface area contributed by atoms with Crippen LogP contribution in [0.2, 0.25) is 0 Å². The Hall–Kier alpha value is -1.42. The maximum atomic E-state index is 11.0. The van der Waals surface area contributed by atoms with Crippen molar-refractivity contribution in [2.24, 2.45) is 0 Å². The number of aldehydes is 1. The first-order valence-electron chi connectivity index (χ1n) is 6.00. The van der Waals surface area contributed by atoms with Gasteiger partial charge in [0, 0.05) is 31.4 Å². The molecule has 2 unspecified atom stereocenters. The van der Waals surface area contributed by atoms with Gasteiger partial charge in [0.05, 0.1) is 5.56 Å². The Labute approximate surface area is 102 Å². The van der Waals surface area contributed by atoms with Gasteiger partial charge >= 0.3 is 0 Å².